The zero-order chi connectivity index (χ0) is 14.3. The number of aromatic amines is 1. The van der Waals surface area contributed by atoms with Crippen LogP contribution >= 0.6 is 0 Å². The highest BCUT2D eigenvalue weighted by Crippen LogP contribution is 2.32. The van der Waals surface area contributed by atoms with Crippen LogP contribution in [0.25, 0.3) is 22.0 Å². The zero-order valence-electron chi connectivity index (χ0n) is 10.6. The van der Waals surface area contributed by atoms with Gasteiger partial charge in [-0.3, -0.25) is 5.10 Å². The number of alkyl halides is 3. The summed E-state index contributed by atoms with van der Waals surface area (Å²) in [4.78, 5) is 0. The third-order valence-electron chi connectivity index (χ3n) is 3.27. The number of hydrogen-bond acceptors (Lipinski definition) is 1. The molecule has 3 rings (SSSR count). The quantitative estimate of drug-likeness (QED) is 0.693. The van der Waals surface area contributed by atoms with E-state index in [9.17, 15) is 13.2 Å². The molecule has 0 atom stereocenters. The summed E-state index contributed by atoms with van der Waals surface area (Å²) in [5, 5.41) is 7.96. The van der Waals surface area contributed by atoms with Crippen molar-refractivity contribution < 1.29 is 13.2 Å². The van der Waals surface area contributed by atoms with Crippen LogP contribution in [0.15, 0.2) is 42.5 Å². The van der Waals surface area contributed by atoms with Gasteiger partial charge in [0.05, 0.1) is 11.1 Å². The minimum absolute atomic E-state index is 0.530. The Morgan fingerprint density at radius 2 is 1.75 bits per heavy atom. The number of H-pyrrole nitrogens is 1. The van der Waals surface area contributed by atoms with Crippen LogP contribution in [0.3, 0.4) is 0 Å². The standard InChI is InChI=1S/C15H11F3N2/c1-9-13-6-5-11(8-14(13)20-19-9)10-3-2-4-12(7-10)15(16,17)18/h2-8H,1H3,(H,19,20). The van der Waals surface area contributed by atoms with Gasteiger partial charge in [0, 0.05) is 11.1 Å². The largest absolute Gasteiger partial charge is 0.416 e. The van der Waals surface area contributed by atoms with Gasteiger partial charge in [0.15, 0.2) is 0 Å². The number of hydrogen-bond donors (Lipinski definition) is 1. The molecule has 5 heteroatoms. The summed E-state index contributed by atoms with van der Waals surface area (Å²) < 4.78 is 38.2. The fourth-order valence-corrected chi connectivity index (χ4v) is 2.20. The Hall–Kier alpha value is -2.30. The van der Waals surface area contributed by atoms with Crippen molar-refractivity contribution in [3.05, 3.63) is 53.7 Å². The van der Waals surface area contributed by atoms with Crippen LogP contribution in [0.4, 0.5) is 13.2 Å². The van der Waals surface area contributed by atoms with E-state index < -0.39 is 11.7 Å². The number of benzene rings is 2. The summed E-state index contributed by atoms with van der Waals surface area (Å²) in [6.07, 6.45) is -4.33. The van der Waals surface area contributed by atoms with E-state index in [4.69, 9.17) is 0 Å². The van der Waals surface area contributed by atoms with Crippen LogP contribution in [0.1, 0.15) is 11.3 Å². The van der Waals surface area contributed by atoms with Gasteiger partial charge in [-0.05, 0) is 36.2 Å². The zero-order valence-corrected chi connectivity index (χ0v) is 10.6. The van der Waals surface area contributed by atoms with Crippen molar-refractivity contribution in [1.29, 1.82) is 0 Å². The second-order valence-corrected chi connectivity index (χ2v) is 4.66. The van der Waals surface area contributed by atoms with E-state index in [1.54, 1.807) is 18.2 Å². The number of nitrogens with one attached hydrogen (secondary N) is 1. The smallest absolute Gasteiger partial charge is 0.282 e. The summed E-state index contributed by atoms with van der Waals surface area (Å²) in [7, 11) is 0. The van der Waals surface area contributed by atoms with E-state index in [1.165, 1.54) is 6.07 Å². The molecule has 1 N–H and O–H groups in total. The highest BCUT2D eigenvalue weighted by atomic mass is 19.4. The van der Waals surface area contributed by atoms with E-state index in [0.29, 0.717) is 5.56 Å². The molecule has 0 unspecified atom stereocenters. The molecule has 0 saturated heterocycles. The van der Waals surface area contributed by atoms with Crippen LogP contribution in [-0.2, 0) is 6.18 Å². The summed E-state index contributed by atoms with van der Waals surface area (Å²) in [6, 6.07) is 10.8. The highest BCUT2D eigenvalue weighted by molar-refractivity contribution is 5.86. The van der Waals surface area contributed by atoms with Crippen LogP contribution in [0, 0.1) is 6.92 Å². The van der Waals surface area contributed by atoms with Crippen molar-refractivity contribution in [1.82, 2.24) is 10.2 Å². The van der Waals surface area contributed by atoms with Crippen LogP contribution in [0.5, 0.6) is 0 Å². The fraction of sp³-hybridized carbons (Fsp3) is 0.133. The van der Waals surface area contributed by atoms with E-state index in [-0.39, 0.29) is 0 Å². The summed E-state index contributed by atoms with van der Waals surface area (Å²) >= 11 is 0. The van der Waals surface area contributed by atoms with Crippen molar-refractivity contribution in [2.24, 2.45) is 0 Å². The first kappa shape index (κ1) is 12.7. The Balaban J connectivity index is 2.11. The molecule has 0 amide bonds. The molecule has 0 aliphatic heterocycles. The molecule has 0 spiro atoms. The first-order valence-corrected chi connectivity index (χ1v) is 6.07. The number of nitrogens with zero attached hydrogens (tertiary/aromatic N) is 1. The minimum atomic E-state index is -4.33. The fourth-order valence-electron chi connectivity index (χ4n) is 2.20. The maximum atomic E-state index is 12.7. The van der Waals surface area contributed by atoms with Gasteiger partial charge < -0.3 is 0 Å². The molecule has 1 aromatic heterocycles. The molecule has 3 aromatic rings. The number of aryl methyl sites for hydroxylation is 1. The van der Waals surface area contributed by atoms with Crippen LogP contribution < -0.4 is 0 Å². The van der Waals surface area contributed by atoms with E-state index in [0.717, 1.165) is 34.3 Å². The van der Waals surface area contributed by atoms with Crippen molar-refractivity contribution in [2.45, 2.75) is 13.1 Å². The lowest BCUT2D eigenvalue weighted by Gasteiger charge is -2.08. The van der Waals surface area contributed by atoms with Crippen LogP contribution in [0.2, 0.25) is 0 Å². The lowest BCUT2D eigenvalue weighted by molar-refractivity contribution is -0.137. The van der Waals surface area contributed by atoms with Gasteiger partial charge in [-0.1, -0.05) is 24.3 Å². The number of aromatic nitrogens is 2. The summed E-state index contributed by atoms with van der Waals surface area (Å²) in [5.74, 6) is 0. The summed E-state index contributed by atoms with van der Waals surface area (Å²) in [6.45, 7) is 1.90. The lowest BCUT2D eigenvalue weighted by atomic mass is 10.0. The van der Waals surface area contributed by atoms with Gasteiger partial charge in [-0.15, -0.1) is 0 Å². The predicted molar refractivity (Wildman–Crippen MR) is 71.3 cm³/mol. The molecule has 0 radical (unpaired) electrons. The maximum Gasteiger partial charge on any atom is 0.416 e. The molecular formula is C15H11F3N2. The van der Waals surface area contributed by atoms with Crippen molar-refractivity contribution in [3.8, 4) is 11.1 Å². The van der Waals surface area contributed by atoms with Gasteiger partial charge in [0.1, 0.15) is 0 Å². The number of rotatable bonds is 1. The van der Waals surface area contributed by atoms with Gasteiger partial charge in [0.25, 0.3) is 0 Å². The monoisotopic (exact) mass is 276 g/mol. The van der Waals surface area contributed by atoms with Gasteiger partial charge in [-0.25, -0.2) is 0 Å². The first-order chi connectivity index (χ1) is 9.45. The molecular weight excluding hydrogens is 265 g/mol. The van der Waals surface area contributed by atoms with E-state index in [2.05, 4.69) is 10.2 Å². The molecule has 102 valence electrons. The molecule has 1 heterocycles. The Kier molecular flexibility index (Phi) is 2.78. The molecule has 0 bridgehead atoms. The minimum Gasteiger partial charge on any atom is -0.282 e. The van der Waals surface area contributed by atoms with Crippen molar-refractivity contribution in [2.75, 3.05) is 0 Å². The SMILES string of the molecule is Cc1[nH]nc2cc(-c3cccc(C(F)(F)F)c3)ccc12. The molecule has 0 aliphatic carbocycles. The topological polar surface area (TPSA) is 28.7 Å². The molecule has 0 fully saturated rings. The second-order valence-electron chi connectivity index (χ2n) is 4.66. The highest BCUT2D eigenvalue weighted by Gasteiger charge is 2.30. The van der Waals surface area contributed by atoms with E-state index >= 15 is 0 Å². The molecule has 20 heavy (non-hydrogen) atoms. The molecule has 0 aliphatic rings. The third-order valence-corrected chi connectivity index (χ3v) is 3.27. The molecule has 0 saturated carbocycles. The first-order valence-electron chi connectivity index (χ1n) is 6.07. The van der Waals surface area contributed by atoms with Gasteiger partial charge in [-0.2, -0.15) is 18.3 Å². The average Bonchev–Trinajstić information content (AvgIpc) is 2.79. The Bertz CT molecular complexity index is 772. The van der Waals surface area contributed by atoms with Crippen molar-refractivity contribution in [3.63, 3.8) is 0 Å². The maximum absolute atomic E-state index is 12.7. The summed E-state index contributed by atoms with van der Waals surface area (Å²) in [5.41, 5.74) is 2.29. The lowest BCUT2D eigenvalue weighted by Crippen LogP contribution is -2.04. The predicted octanol–water partition coefficient (Wildman–Crippen LogP) is 4.56. The Labute approximate surface area is 113 Å². The average molecular weight is 276 g/mol. The van der Waals surface area contributed by atoms with Crippen molar-refractivity contribution >= 4 is 10.9 Å². The van der Waals surface area contributed by atoms with Gasteiger partial charge >= 0.3 is 6.18 Å². The Morgan fingerprint density at radius 3 is 2.50 bits per heavy atom. The van der Waals surface area contributed by atoms with Gasteiger partial charge in [0.2, 0.25) is 0 Å². The number of fused-ring (bicyclic) bond motifs is 1. The van der Waals surface area contributed by atoms with E-state index in [1.807, 2.05) is 13.0 Å². The normalized spacial score (nSPS) is 12.0. The Morgan fingerprint density at radius 1 is 1.00 bits per heavy atom. The molecule has 2 nitrogen and oxygen atoms in total. The number of halogens is 3. The van der Waals surface area contributed by atoms with Crippen LogP contribution in [-0.4, -0.2) is 10.2 Å². The third kappa shape index (κ3) is 2.15. The second kappa shape index (κ2) is 4.37. The molecule has 2 aromatic carbocycles.